The van der Waals surface area contributed by atoms with E-state index in [0.717, 1.165) is 12.6 Å². The van der Waals surface area contributed by atoms with E-state index in [1.54, 1.807) is 24.1 Å². The van der Waals surface area contributed by atoms with E-state index in [1.807, 2.05) is 0 Å². The van der Waals surface area contributed by atoms with Gasteiger partial charge < -0.3 is 10.0 Å². The van der Waals surface area contributed by atoms with Gasteiger partial charge in [0.2, 0.25) is 0 Å². The number of carboxylic acid groups (broad SMARTS) is 1. The molecule has 0 unspecified atom stereocenters. The van der Waals surface area contributed by atoms with E-state index < -0.39 is 5.97 Å². The van der Waals surface area contributed by atoms with Crippen LogP contribution in [0.25, 0.3) is 6.08 Å². The number of rotatable bonds is 5. The zero-order valence-electron chi connectivity index (χ0n) is 10.7. The fourth-order valence-electron chi connectivity index (χ4n) is 1.76. The Morgan fingerprint density at radius 2 is 2.21 bits per heavy atom. The molecule has 1 aliphatic carbocycles. The van der Waals surface area contributed by atoms with E-state index in [2.05, 4.69) is 4.98 Å². The molecular weight excluding hydrogens is 244 g/mol. The van der Waals surface area contributed by atoms with Crippen molar-refractivity contribution < 1.29 is 14.7 Å². The second-order valence-corrected chi connectivity index (χ2v) is 4.78. The second kappa shape index (κ2) is 5.65. The summed E-state index contributed by atoms with van der Waals surface area (Å²) in [5.74, 6) is -0.461. The lowest BCUT2D eigenvalue weighted by Crippen LogP contribution is -2.29. The van der Waals surface area contributed by atoms with Gasteiger partial charge in [0, 0.05) is 25.9 Å². The van der Waals surface area contributed by atoms with Crippen LogP contribution in [0, 0.1) is 5.92 Å². The molecule has 0 saturated heterocycles. The van der Waals surface area contributed by atoms with E-state index in [0.29, 0.717) is 17.2 Å². The molecule has 0 radical (unpaired) electrons. The summed E-state index contributed by atoms with van der Waals surface area (Å²) in [5, 5.41) is 8.51. The molecule has 0 bridgehead atoms. The summed E-state index contributed by atoms with van der Waals surface area (Å²) in [5.41, 5.74) is 1.04. The van der Waals surface area contributed by atoms with E-state index in [-0.39, 0.29) is 5.91 Å². The molecule has 1 N–H and O–H groups in total. The smallest absolute Gasteiger partial charge is 0.328 e. The van der Waals surface area contributed by atoms with Gasteiger partial charge in [-0.3, -0.25) is 9.78 Å². The number of pyridine rings is 1. The van der Waals surface area contributed by atoms with Crippen LogP contribution in [0.15, 0.2) is 24.4 Å². The highest BCUT2D eigenvalue weighted by atomic mass is 16.4. The molecule has 1 amide bonds. The topological polar surface area (TPSA) is 70.5 Å². The first-order valence-corrected chi connectivity index (χ1v) is 6.19. The maximum absolute atomic E-state index is 12.0. The molecule has 1 heterocycles. The van der Waals surface area contributed by atoms with Gasteiger partial charge >= 0.3 is 5.97 Å². The number of hydrogen-bond donors (Lipinski definition) is 1. The molecule has 1 aromatic heterocycles. The van der Waals surface area contributed by atoms with Crippen molar-refractivity contribution in [3.63, 3.8) is 0 Å². The van der Waals surface area contributed by atoms with Gasteiger partial charge in [-0.15, -0.1) is 0 Å². The van der Waals surface area contributed by atoms with Gasteiger partial charge in [0.05, 0.1) is 0 Å². The number of carbonyl (C=O) groups excluding carboxylic acids is 1. The molecule has 2 rings (SSSR count). The van der Waals surface area contributed by atoms with Gasteiger partial charge in [-0.25, -0.2) is 4.79 Å². The Kier molecular flexibility index (Phi) is 3.94. The monoisotopic (exact) mass is 260 g/mol. The number of nitrogens with zero attached hydrogens (tertiary/aromatic N) is 2. The lowest BCUT2D eigenvalue weighted by Gasteiger charge is -2.16. The van der Waals surface area contributed by atoms with Gasteiger partial charge in [0.15, 0.2) is 0 Å². The molecule has 1 saturated carbocycles. The molecule has 1 aliphatic rings. The van der Waals surface area contributed by atoms with Crippen LogP contribution in [0.1, 0.15) is 28.9 Å². The van der Waals surface area contributed by atoms with Crippen molar-refractivity contribution in [2.24, 2.45) is 5.92 Å². The van der Waals surface area contributed by atoms with Crippen LogP contribution in [0.5, 0.6) is 0 Å². The summed E-state index contributed by atoms with van der Waals surface area (Å²) in [7, 11) is 1.78. The molecule has 0 atom stereocenters. The molecule has 5 nitrogen and oxygen atoms in total. The quantitative estimate of drug-likeness (QED) is 0.817. The Morgan fingerprint density at radius 1 is 1.47 bits per heavy atom. The highest BCUT2D eigenvalue weighted by Gasteiger charge is 2.25. The Bertz CT molecular complexity index is 504. The molecule has 100 valence electrons. The zero-order chi connectivity index (χ0) is 13.8. The normalized spacial score (nSPS) is 14.6. The number of aliphatic carboxylic acids is 1. The average Bonchev–Trinajstić information content (AvgIpc) is 3.20. The van der Waals surface area contributed by atoms with Crippen LogP contribution in [-0.2, 0) is 4.79 Å². The van der Waals surface area contributed by atoms with Crippen molar-refractivity contribution in [3.05, 3.63) is 35.7 Å². The first-order valence-electron chi connectivity index (χ1n) is 6.19. The fraction of sp³-hybridized carbons (Fsp3) is 0.357. The van der Waals surface area contributed by atoms with Gasteiger partial charge in [0.25, 0.3) is 5.91 Å². The Balaban J connectivity index is 2.00. The second-order valence-electron chi connectivity index (χ2n) is 4.78. The van der Waals surface area contributed by atoms with Crippen LogP contribution in [-0.4, -0.2) is 40.5 Å². The van der Waals surface area contributed by atoms with Gasteiger partial charge in [-0.2, -0.15) is 0 Å². The van der Waals surface area contributed by atoms with E-state index in [4.69, 9.17) is 5.11 Å². The van der Waals surface area contributed by atoms with Crippen LogP contribution < -0.4 is 0 Å². The van der Waals surface area contributed by atoms with Crippen LogP contribution >= 0.6 is 0 Å². The molecular formula is C14H16N2O3. The minimum Gasteiger partial charge on any atom is -0.478 e. The number of aromatic nitrogens is 1. The van der Waals surface area contributed by atoms with Gasteiger partial charge in [-0.1, -0.05) is 6.07 Å². The highest BCUT2D eigenvalue weighted by Crippen LogP contribution is 2.29. The van der Waals surface area contributed by atoms with Crippen molar-refractivity contribution in [1.82, 2.24) is 9.88 Å². The van der Waals surface area contributed by atoms with Crippen molar-refractivity contribution in [2.45, 2.75) is 12.8 Å². The van der Waals surface area contributed by atoms with Crippen LogP contribution in [0.4, 0.5) is 0 Å². The summed E-state index contributed by atoms with van der Waals surface area (Å²) in [6.07, 6.45) is 6.38. The maximum Gasteiger partial charge on any atom is 0.328 e. The summed E-state index contributed by atoms with van der Waals surface area (Å²) in [4.78, 5) is 28.2. The van der Waals surface area contributed by atoms with Crippen molar-refractivity contribution in [2.75, 3.05) is 13.6 Å². The SMILES string of the molecule is CN(CC1CC1)C(=O)c1ccc(/C=C/C(=O)O)cn1. The number of hydrogen-bond acceptors (Lipinski definition) is 3. The third-order valence-electron chi connectivity index (χ3n) is 3.00. The van der Waals surface area contributed by atoms with E-state index in [9.17, 15) is 9.59 Å². The average molecular weight is 260 g/mol. The maximum atomic E-state index is 12.0. The van der Waals surface area contributed by atoms with Crippen molar-refractivity contribution in [1.29, 1.82) is 0 Å². The molecule has 0 aromatic carbocycles. The van der Waals surface area contributed by atoms with Gasteiger partial charge in [0.1, 0.15) is 5.69 Å². The van der Waals surface area contributed by atoms with E-state index >= 15 is 0 Å². The Morgan fingerprint density at radius 3 is 2.74 bits per heavy atom. The first-order chi connectivity index (χ1) is 9.06. The third-order valence-corrected chi connectivity index (χ3v) is 3.00. The lowest BCUT2D eigenvalue weighted by molar-refractivity contribution is -0.131. The Labute approximate surface area is 111 Å². The van der Waals surface area contributed by atoms with Crippen molar-refractivity contribution in [3.8, 4) is 0 Å². The minimum atomic E-state index is -1.01. The summed E-state index contributed by atoms with van der Waals surface area (Å²) >= 11 is 0. The number of carbonyl (C=O) groups is 2. The summed E-state index contributed by atoms with van der Waals surface area (Å²) < 4.78 is 0. The third kappa shape index (κ3) is 3.91. The molecule has 1 fully saturated rings. The van der Waals surface area contributed by atoms with Gasteiger partial charge in [-0.05, 0) is 36.5 Å². The predicted octanol–water partition coefficient (Wildman–Crippen LogP) is 1.66. The molecule has 1 aromatic rings. The standard InChI is InChI=1S/C14H16N2O3/c1-16(9-11-2-3-11)14(19)12-6-4-10(8-15-12)5-7-13(17)18/h4-8,11H,2-3,9H2,1H3,(H,17,18)/b7-5+. The number of amides is 1. The largest absolute Gasteiger partial charge is 0.478 e. The van der Waals surface area contributed by atoms with Crippen LogP contribution in [0.2, 0.25) is 0 Å². The summed E-state index contributed by atoms with van der Waals surface area (Å²) in [6, 6.07) is 3.30. The zero-order valence-corrected chi connectivity index (χ0v) is 10.7. The Hall–Kier alpha value is -2.17. The highest BCUT2D eigenvalue weighted by molar-refractivity contribution is 5.92. The van der Waals surface area contributed by atoms with Crippen molar-refractivity contribution >= 4 is 18.0 Å². The van der Waals surface area contributed by atoms with E-state index in [1.165, 1.54) is 25.1 Å². The molecule has 5 heteroatoms. The van der Waals surface area contributed by atoms with Crippen LogP contribution in [0.3, 0.4) is 0 Å². The molecule has 0 aliphatic heterocycles. The fourth-order valence-corrected chi connectivity index (χ4v) is 1.76. The molecule has 0 spiro atoms. The first kappa shape index (κ1) is 13.3. The minimum absolute atomic E-state index is 0.0966. The summed E-state index contributed by atoms with van der Waals surface area (Å²) in [6.45, 7) is 0.779. The number of carboxylic acids is 1. The molecule has 19 heavy (non-hydrogen) atoms. The predicted molar refractivity (Wildman–Crippen MR) is 70.6 cm³/mol. The lowest BCUT2D eigenvalue weighted by atomic mass is 10.2.